The molecule has 0 aromatic heterocycles. The zero-order chi connectivity index (χ0) is 19.1. The Hall–Kier alpha value is -4.01. The number of aliphatic hydroxyl groups excluding tert-OH is 1. The van der Waals surface area contributed by atoms with Gasteiger partial charge in [-0.2, -0.15) is 0 Å². The van der Waals surface area contributed by atoms with E-state index < -0.39 is 28.3 Å². The number of benzene rings is 2. The minimum atomic E-state index is -1.16. The summed E-state index contributed by atoms with van der Waals surface area (Å²) in [5.41, 5.74) is 4.10. The van der Waals surface area contributed by atoms with Crippen LogP contribution in [0, 0.1) is 10.1 Å². The fraction of sp³-hybridized carbons (Fsp3) is 0. The number of amides is 2. The van der Waals surface area contributed by atoms with Crippen LogP contribution >= 0.6 is 0 Å². The molecule has 2 rings (SSSR count). The zero-order valence-corrected chi connectivity index (χ0v) is 13.2. The molecule has 2 amide bonds. The van der Waals surface area contributed by atoms with Crippen LogP contribution in [0.3, 0.4) is 0 Å². The Balaban J connectivity index is 1.94. The van der Waals surface area contributed by atoms with Crippen molar-refractivity contribution in [1.29, 1.82) is 0 Å². The largest absolute Gasteiger partial charge is 0.507 e. The summed E-state index contributed by atoms with van der Waals surface area (Å²) < 4.78 is 0. The van der Waals surface area contributed by atoms with Crippen molar-refractivity contribution in [2.24, 2.45) is 0 Å². The Morgan fingerprint density at radius 1 is 0.923 bits per heavy atom. The number of hydrogen-bond acceptors (Lipinski definition) is 6. The molecule has 3 N–H and O–H groups in total. The van der Waals surface area contributed by atoms with Gasteiger partial charge < -0.3 is 5.11 Å². The maximum absolute atomic E-state index is 11.8. The van der Waals surface area contributed by atoms with Crippen molar-refractivity contribution in [1.82, 2.24) is 10.9 Å². The smallest absolute Gasteiger partial charge is 0.310 e. The van der Waals surface area contributed by atoms with Gasteiger partial charge in [0.1, 0.15) is 5.76 Å². The van der Waals surface area contributed by atoms with Gasteiger partial charge in [-0.3, -0.25) is 35.3 Å². The number of nitro groups is 1. The van der Waals surface area contributed by atoms with Gasteiger partial charge in [-0.25, -0.2) is 0 Å². The molecule has 0 bridgehead atoms. The van der Waals surface area contributed by atoms with Crippen LogP contribution in [0.5, 0.6) is 0 Å². The first-order valence-electron chi connectivity index (χ1n) is 7.23. The summed E-state index contributed by atoms with van der Waals surface area (Å²) in [6, 6.07) is 12.8. The Morgan fingerprint density at radius 3 is 2.12 bits per heavy atom. The van der Waals surface area contributed by atoms with E-state index in [1.165, 1.54) is 12.1 Å². The third kappa shape index (κ3) is 4.74. The first-order chi connectivity index (χ1) is 12.4. The summed E-state index contributed by atoms with van der Waals surface area (Å²) in [5, 5.41) is 20.3. The number of carbonyl (C=O) groups is 3. The van der Waals surface area contributed by atoms with Gasteiger partial charge >= 0.3 is 5.91 Å². The number of non-ortho nitro benzene ring substituents is 1. The summed E-state index contributed by atoms with van der Waals surface area (Å²) in [6.07, 6.45) is 0.725. The van der Waals surface area contributed by atoms with Gasteiger partial charge in [-0.15, -0.1) is 0 Å². The van der Waals surface area contributed by atoms with Gasteiger partial charge in [-0.05, 0) is 12.1 Å². The van der Waals surface area contributed by atoms with Gasteiger partial charge in [-0.1, -0.05) is 30.3 Å². The van der Waals surface area contributed by atoms with Crippen molar-refractivity contribution in [3.8, 4) is 0 Å². The molecule has 0 aliphatic rings. The highest BCUT2D eigenvalue weighted by molar-refractivity contribution is 6.41. The average molecular weight is 355 g/mol. The van der Waals surface area contributed by atoms with Crippen molar-refractivity contribution in [2.45, 2.75) is 0 Å². The monoisotopic (exact) mass is 355 g/mol. The molecule has 0 fully saturated rings. The van der Waals surface area contributed by atoms with E-state index >= 15 is 0 Å². The molecule has 0 aliphatic heterocycles. The van der Waals surface area contributed by atoms with E-state index in [9.17, 15) is 29.6 Å². The van der Waals surface area contributed by atoms with Crippen molar-refractivity contribution in [3.63, 3.8) is 0 Å². The van der Waals surface area contributed by atoms with Crippen LogP contribution in [0.25, 0.3) is 5.76 Å². The van der Waals surface area contributed by atoms with Crippen LogP contribution in [-0.2, 0) is 9.59 Å². The minimum Gasteiger partial charge on any atom is -0.507 e. The fourth-order valence-corrected chi connectivity index (χ4v) is 1.86. The van der Waals surface area contributed by atoms with Crippen LogP contribution < -0.4 is 10.9 Å². The Labute approximate surface area is 147 Å². The van der Waals surface area contributed by atoms with Gasteiger partial charge in [0, 0.05) is 29.3 Å². The number of nitrogens with zero attached hydrogens (tertiary/aromatic N) is 1. The van der Waals surface area contributed by atoms with Gasteiger partial charge in [0.2, 0.25) is 5.78 Å². The van der Waals surface area contributed by atoms with Crippen LogP contribution in [0.1, 0.15) is 15.9 Å². The van der Waals surface area contributed by atoms with Crippen LogP contribution in [-0.4, -0.2) is 27.6 Å². The van der Waals surface area contributed by atoms with E-state index in [4.69, 9.17) is 0 Å². The van der Waals surface area contributed by atoms with Gasteiger partial charge in [0.25, 0.3) is 11.6 Å². The molecule has 0 heterocycles. The second kappa shape index (κ2) is 8.20. The number of rotatable bonds is 5. The molecule has 9 heteroatoms. The first-order valence-corrected chi connectivity index (χ1v) is 7.23. The number of aliphatic hydroxyl groups is 1. The second-order valence-corrected chi connectivity index (χ2v) is 4.97. The molecule has 0 aliphatic carbocycles. The molecular weight excluding hydrogens is 342 g/mol. The molecule has 2 aromatic carbocycles. The predicted molar refractivity (Wildman–Crippen MR) is 90.8 cm³/mol. The average Bonchev–Trinajstić information content (AvgIpc) is 2.66. The molecule has 132 valence electrons. The summed E-state index contributed by atoms with van der Waals surface area (Å²) >= 11 is 0. The molecule has 0 atom stereocenters. The predicted octanol–water partition coefficient (Wildman–Crippen LogP) is 1.52. The maximum Gasteiger partial charge on any atom is 0.310 e. The molecule has 0 saturated heterocycles. The summed E-state index contributed by atoms with van der Waals surface area (Å²) in [6.45, 7) is 0. The molecule has 9 nitrogen and oxygen atoms in total. The van der Waals surface area contributed by atoms with Crippen molar-refractivity contribution >= 4 is 29.0 Å². The number of hydrogen-bond donors (Lipinski definition) is 3. The lowest BCUT2D eigenvalue weighted by Crippen LogP contribution is -2.44. The Morgan fingerprint density at radius 2 is 1.54 bits per heavy atom. The lowest BCUT2D eigenvalue weighted by molar-refractivity contribution is -0.384. The van der Waals surface area contributed by atoms with Gasteiger partial charge in [0.15, 0.2) is 0 Å². The summed E-state index contributed by atoms with van der Waals surface area (Å²) in [7, 11) is 0. The number of carbonyl (C=O) groups excluding carboxylic acids is 3. The number of nitrogens with one attached hydrogen (secondary N) is 2. The third-order valence-electron chi connectivity index (χ3n) is 3.19. The van der Waals surface area contributed by atoms with E-state index in [2.05, 4.69) is 0 Å². The molecular formula is C17H13N3O6. The quantitative estimate of drug-likeness (QED) is 0.244. The first kappa shape index (κ1) is 18.3. The van der Waals surface area contributed by atoms with Crippen LogP contribution in [0.15, 0.2) is 60.7 Å². The van der Waals surface area contributed by atoms with E-state index in [-0.39, 0.29) is 11.3 Å². The van der Waals surface area contributed by atoms with E-state index in [1.54, 1.807) is 30.3 Å². The van der Waals surface area contributed by atoms with E-state index in [1.807, 2.05) is 10.9 Å². The maximum atomic E-state index is 11.8. The summed E-state index contributed by atoms with van der Waals surface area (Å²) in [4.78, 5) is 45.1. The molecule has 0 spiro atoms. The van der Waals surface area contributed by atoms with E-state index in [0.717, 1.165) is 18.2 Å². The third-order valence-corrected chi connectivity index (χ3v) is 3.19. The molecule has 0 unspecified atom stereocenters. The number of ketones is 1. The van der Waals surface area contributed by atoms with Crippen molar-refractivity contribution in [2.75, 3.05) is 0 Å². The fourth-order valence-electron chi connectivity index (χ4n) is 1.86. The summed E-state index contributed by atoms with van der Waals surface area (Å²) in [5.74, 6) is -3.40. The SMILES string of the molecule is O=C(C=C(O)c1ccccc1)C(=O)NNC(=O)c1ccc([N+](=O)[O-])cc1. The topological polar surface area (TPSA) is 139 Å². The van der Waals surface area contributed by atoms with Gasteiger partial charge in [0.05, 0.1) is 4.92 Å². The lowest BCUT2D eigenvalue weighted by Gasteiger charge is -2.06. The van der Waals surface area contributed by atoms with Crippen LogP contribution in [0.4, 0.5) is 5.69 Å². The van der Waals surface area contributed by atoms with Crippen molar-refractivity contribution in [3.05, 3.63) is 81.9 Å². The van der Waals surface area contributed by atoms with E-state index in [0.29, 0.717) is 5.56 Å². The lowest BCUT2D eigenvalue weighted by atomic mass is 10.1. The Bertz CT molecular complexity index is 875. The van der Waals surface area contributed by atoms with Crippen LogP contribution in [0.2, 0.25) is 0 Å². The minimum absolute atomic E-state index is 0.0472. The molecule has 0 saturated carbocycles. The molecule has 2 aromatic rings. The zero-order valence-electron chi connectivity index (χ0n) is 13.2. The molecule has 26 heavy (non-hydrogen) atoms. The van der Waals surface area contributed by atoms with Crippen molar-refractivity contribution < 1.29 is 24.4 Å². The number of nitro benzene ring substituents is 1. The second-order valence-electron chi connectivity index (χ2n) is 4.97. The standard InChI is InChI=1S/C17H13N3O6/c21-14(11-4-2-1-3-5-11)10-15(22)17(24)19-18-16(23)12-6-8-13(9-7-12)20(25)26/h1-10,21H,(H,18,23)(H,19,24). The Kier molecular flexibility index (Phi) is 5.78. The highest BCUT2D eigenvalue weighted by Gasteiger charge is 2.15. The number of hydrazine groups is 1. The highest BCUT2D eigenvalue weighted by Crippen LogP contribution is 2.12. The highest BCUT2D eigenvalue weighted by atomic mass is 16.6. The normalized spacial score (nSPS) is 10.7. The molecule has 0 radical (unpaired) electrons.